The Morgan fingerprint density at radius 3 is 1.97 bits per heavy atom. The van der Waals surface area contributed by atoms with E-state index in [0.29, 0.717) is 0 Å². The SMILES string of the molecule is Cc1ccc(N(c2ccc(C)cc2C)c2cccc3c2ccn2ccnc32)c(C)c1. The lowest BCUT2D eigenvalue weighted by molar-refractivity contribution is 1.19. The van der Waals surface area contributed by atoms with Crippen LogP contribution in [0.25, 0.3) is 16.4 Å². The molecule has 0 spiro atoms. The highest BCUT2D eigenvalue weighted by atomic mass is 15.1. The van der Waals surface area contributed by atoms with Crippen molar-refractivity contribution in [3.05, 3.63) is 102 Å². The molecule has 3 nitrogen and oxygen atoms in total. The lowest BCUT2D eigenvalue weighted by Crippen LogP contribution is -2.13. The van der Waals surface area contributed by atoms with Gasteiger partial charge in [-0.2, -0.15) is 0 Å². The zero-order chi connectivity index (χ0) is 20.8. The van der Waals surface area contributed by atoms with Gasteiger partial charge in [0.05, 0.1) is 5.69 Å². The Labute approximate surface area is 177 Å². The van der Waals surface area contributed by atoms with Crippen LogP contribution in [-0.2, 0) is 0 Å². The number of hydrogen-bond donors (Lipinski definition) is 0. The third kappa shape index (κ3) is 2.94. The number of aryl methyl sites for hydroxylation is 4. The lowest BCUT2D eigenvalue weighted by atomic mass is 10.0. The molecule has 0 bridgehead atoms. The summed E-state index contributed by atoms with van der Waals surface area (Å²) in [6, 6.07) is 22.0. The number of fused-ring (bicyclic) bond motifs is 3. The molecule has 0 aliphatic heterocycles. The van der Waals surface area contributed by atoms with Gasteiger partial charge < -0.3 is 9.30 Å². The first-order valence-corrected chi connectivity index (χ1v) is 10.3. The topological polar surface area (TPSA) is 20.5 Å². The van der Waals surface area contributed by atoms with Crippen LogP contribution in [0.4, 0.5) is 17.1 Å². The summed E-state index contributed by atoms with van der Waals surface area (Å²) < 4.78 is 2.07. The first-order chi connectivity index (χ1) is 14.5. The lowest BCUT2D eigenvalue weighted by Gasteiger charge is -2.30. The minimum Gasteiger partial charge on any atom is -0.309 e. The third-order valence-electron chi connectivity index (χ3n) is 5.82. The number of rotatable bonds is 3. The molecule has 2 aromatic heterocycles. The fourth-order valence-electron chi connectivity index (χ4n) is 4.42. The van der Waals surface area contributed by atoms with Gasteiger partial charge in [-0.3, -0.25) is 0 Å². The van der Waals surface area contributed by atoms with Crippen molar-refractivity contribution in [1.29, 1.82) is 0 Å². The Bertz CT molecular complexity index is 1340. The molecule has 0 unspecified atom stereocenters. The van der Waals surface area contributed by atoms with Crippen molar-refractivity contribution in [2.24, 2.45) is 0 Å². The second-order valence-electron chi connectivity index (χ2n) is 8.13. The highest BCUT2D eigenvalue weighted by Gasteiger charge is 2.19. The number of nitrogens with zero attached hydrogens (tertiary/aromatic N) is 3. The van der Waals surface area contributed by atoms with Gasteiger partial charge in [0.15, 0.2) is 0 Å². The van der Waals surface area contributed by atoms with Crippen LogP contribution in [-0.4, -0.2) is 9.38 Å². The molecule has 0 aliphatic carbocycles. The summed E-state index contributed by atoms with van der Waals surface area (Å²) in [7, 11) is 0. The smallest absolute Gasteiger partial charge is 0.144 e. The van der Waals surface area contributed by atoms with Crippen molar-refractivity contribution < 1.29 is 0 Å². The van der Waals surface area contributed by atoms with Gasteiger partial charge in [-0.15, -0.1) is 0 Å². The second-order valence-corrected chi connectivity index (χ2v) is 8.13. The number of anilines is 3. The van der Waals surface area contributed by atoms with E-state index in [1.165, 1.54) is 39.0 Å². The molecule has 0 aliphatic rings. The predicted molar refractivity (Wildman–Crippen MR) is 126 cm³/mol. The van der Waals surface area contributed by atoms with Gasteiger partial charge in [0.1, 0.15) is 5.65 Å². The Morgan fingerprint density at radius 2 is 1.33 bits per heavy atom. The summed E-state index contributed by atoms with van der Waals surface area (Å²) >= 11 is 0. The summed E-state index contributed by atoms with van der Waals surface area (Å²) in [5, 5.41) is 2.34. The Balaban J connectivity index is 1.85. The van der Waals surface area contributed by atoms with Crippen LogP contribution < -0.4 is 4.90 Å². The van der Waals surface area contributed by atoms with Crippen LogP contribution >= 0.6 is 0 Å². The number of hydrogen-bond acceptors (Lipinski definition) is 2. The highest BCUT2D eigenvalue weighted by molar-refractivity contribution is 6.04. The maximum absolute atomic E-state index is 4.60. The van der Waals surface area contributed by atoms with Crippen molar-refractivity contribution in [3.63, 3.8) is 0 Å². The van der Waals surface area contributed by atoms with Crippen molar-refractivity contribution >= 4 is 33.5 Å². The zero-order valence-corrected chi connectivity index (χ0v) is 17.8. The maximum atomic E-state index is 4.60. The van der Waals surface area contributed by atoms with Crippen LogP contribution in [0, 0.1) is 27.7 Å². The fourth-order valence-corrected chi connectivity index (χ4v) is 4.42. The molecule has 5 aromatic rings. The zero-order valence-electron chi connectivity index (χ0n) is 17.8. The molecular weight excluding hydrogens is 366 g/mol. The first kappa shape index (κ1) is 18.4. The molecule has 0 atom stereocenters. The van der Waals surface area contributed by atoms with Crippen LogP contribution in [0.5, 0.6) is 0 Å². The molecule has 3 heteroatoms. The molecule has 0 radical (unpaired) electrons. The molecular formula is C27H25N3. The Morgan fingerprint density at radius 1 is 0.667 bits per heavy atom. The average molecular weight is 392 g/mol. The predicted octanol–water partition coefficient (Wildman–Crippen LogP) is 7.19. The summed E-state index contributed by atoms with van der Waals surface area (Å²) in [5.74, 6) is 0. The molecule has 2 heterocycles. The van der Waals surface area contributed by atoms with E-state index >= 15 is 0 Å². The quantitative estimate of drug-likeness (QED) is 0.324. The van der Waals surface area contributed by atoms with E-state index in [9.17, 15) is 0 Å². The van der Waals surface area contributed by atoms with E-state index < -0.39 is 0 Å². The molecule has 0 saturated heterocycles. The van der Waals surface area contributed by atoms with Gasteiger partial charge >= 0.3 is 0 Å². The second kappa shape index (κ2) is 7.03. The van der Waals surface area contributed by atoms with E-state index in [-0.39, 0.29) is 0 Å². The molecule has 0 saturated carbocycles. The van der Waals surface area contributed by atoms with Gasteiger partial charge in [0.25, 0.3) is 0 Å². The number of imidazole rings is 1. The summed E-state index contributed by atoms with van der Waals surface area (Å²) in [6.07, 6.45) is 5.94. The normalized spacial score (nSPS) is 11.3. The fraction of sp³-hybridized carbons (Fsp3) is 0.148. The van der Waals surface area contributed by atoms with Crippen LogP contribution in [0.2, 0.25) is 0 Å². The van der Waals surface area contributed by atoms with Gasteiger partial charge in [0.2, 0.25) is 0 Å². The van der Waals surface area contributed by atoms with Gasteiger partial charge in [0, 0.05) is 40.7 Å². The molecule has 0 amide bonds. The maximum Gasteiger partial charge on any atom is 0.144 e. The van der Waals surface area contributed by atoms with Crippen molar-refractivity contribution in [1.82, 2.24) is 9.38 Å². The molecule has 3 aromatic carbocycles. The van der Waals surface area contributed by atoms with Gasteiger partial charge in [-0.1, -0.05) is 47.5 Å². The van der Waals surface area contributed by atoms with Crippen LogP contribution in [0.15, 0.2) is 79.3 Å². The van der Waals surface area contributed by atoms with Gasteiger partial charge in [-0.25, -0.2) is 4.98 Å². The van der Waals surface area contributed by atoms with Crippen LogP contribution in [0.3, 0.4) is 0 Å². The molecule has 5 rings (SSSR count). The van der Waals surface area contributed by atoms with E-state index in [1.54, 1.807) is 0 Å². The standard InChI is InChI=1S/C27H25N3/c1-18-8-10-24(20(3)16-18)30(25-11-9-19(2)17-21(25)4)26-7-5-6-23-22(26)12-14-29-15-13-28-27(23)29/h5-17H,1-4H3. The molecule has 0 fully saturated rings. The number of benzene rings is 3. The Kier molecular flexibility index (Phi) is 4.32. The van der Waals surface area contributed by atoms with Gasteiger partial charge in [-0.05, 0) is 63.1 Å². The monoisotopic (exact) mass is 391 g/mol. The largest absolute Gasteiger partial charge is 0.309 e. The van der Waals surface area contributed by atoms with Crippen molar-refractivity contribution in [2.45, 2.75) is 27.7 Å². The number of pyridine rings is 1. The van der Waals surface area contributed by atoms with E-state index in [2.05, 4.69) is 109 Å². The molecule has 0 N–H and O–H groups in total. The summed E-state index contributed by atoms with van der Waals surface area (Å²) in [5.41, 5.74) is 9.60. The minimum atomic E-state index is 0.982. The van der Waals surface area contributed by atoms with Crippen molar-refractivity contribution in [3.8, 4) is 0 Å². The minimum absolute atomic E-state index is 0.982. The molecule has 148 valence electrons. The third-order valence-corrected chi connectivity index (χ3v) is 5.82. The molecule has 30 heavy (non-hydrogen) atoms. The van der Waals surface area contributed by atoms with E-state index in [4.69, 9.17) is 0 Å². The average Bonchev–Trinajstić information content (AvgIpc) is 3.20. The Hall–Kier alpha value is -3.59. The van der Waals surface area contributed by atoms with E-state index in [0.717, 1.165) is 16.7 Å². The van der Waals surface area contributed by atoms with Crippen molar-refractivity contribution in [2.75, 3.05) is 4.90 Å². The summed E-state index contributed by atoms with van der Waals surface area (Å²) in [4.78, 5) is 6.99. The summed E-state index contributed by atoms with van der Waals surface area (Å²) in [6.45, 7) is 8.67. The van der Waals surface area contributed by atoms with E-state index in [1.807, 2.05) is 12.4 Å². The highest BCUT2D eigenvalue weighted by Crippen LogP contribution is 2.42. The number of aromatic nitrogens is 2. The first-order valence-electron chi connectivity index (χ1n) is 10.3. The van der Waals surface area contributed by atoms with Crippen LogP contribution in [0.1, 0.15) is 22.3 Å².